The summed E-state index contributed by atoms with van der Waals surface area (Å²) >= 11 is 7.69. The van der Waals surface area contributed by atoms with Gasteiger partial charge in [0, 0.05) is 12.7 Å². The van der Waals surface area contributed by atoms with Gasteiger partial charge in [0.15, 0.2) is 5.13 Å². The van der Waals surface area contributed by atoms with E-state index in [0.29, 0.717) is 5.02 Å². The molecule has 3 rings (SSSR count). The van der Waals surface area contributed by atoms with Crippen molar-refractivity contribution in [1.29, 1.82) is 0 Å². The maximum atomic E-state index is 12.3. The van der Waals surface area contributed by atoms with Crippen LogP contribution in [0.25, 0.3) is 10.2 Å². The molecule has 2 aromatic carbocycles. The number of likely N-dealkylation sites (N-methyl/N-ethyl adjacent to an activating group) is 1. The van der Waals surface area contributed by atoms with Gasteiger partial charge in [-0.3, -0.25) is 4.79 Å². The molecule has 1 amide bonds. The normalized spacial score (nSPS) is 10.8. The molecule has 0 saturated heterocycles. The second-order valence-corrected chi connectivity index (χ2v) is 6.91. The highest BCUT2D eigenvalue weighted by Gasteiger charge is 2.14. The second kappa shape index (κ2) is 7.20. The highest BCUT2D eigenvalue weighted by molar-refractivity contribution is 7.22. The minimum Gasteiger partial charge on any atom is -0.342 e. The molecule has 0 bridgehead atoms. The molecule has 0 aliphatic heterocycles. The second-order valence-electron chi connectivity index (χ2n) is 5.50. The summed E-state index contributed by atoms with van der Waals surface area (Å²) in [7, 11) is 1.86. The fraction of sp³-hybridized carbons (Fsp3) is 0.222. The number of fused-ring (bicyclic) bond motifs is 1. The number of aromatic nitrogens is 1. The van der Waals surface area contributed by atoms with E-state index in [1.165, 1.54) is 11.3 Å². The minimum atomic E-state index is -0.0660. The van der Waals surface area contributed by atoms with Gasteiger partial charge in [-0.05, 0) is 30.2 Å². The zero-order chi connectivity index (χ0) is 17.1. The summed E-state index contributed by atoms with van der Waals surface area (Å²) in [4.78, 5) is 18.7. The summed E-state index contributed by atoms with van der Waals surface area (Å²) in [6.07, 6.45) is 0.878. The monoisotopic (exact) mass is 359 g/mol. The lowest BCUT2D eigenvalue weighted by Crippen LogP contribution is -2.30. The average molecular weight is 360 g/mol. The van der Waals surface area contributed by atoms with Crippen LogP contribution in [-0.4, -0.2) is 24.5 Å². The number of aryl methyl sites for hydroxylation is 1. The van der Waals surface area contributed by atoms with Gasteiger partial charge in [0.25, 0.3) is 0 Å². The first-order chi connectivity index (χ1) is 11.6. The number of para-hydroxylation sites is 2. The zero-order valence-corrected chi connectivity index (χ0v) is 15.1. The van der Waals surface area contributed by atoms with Gasteiger partial charge in [0.2, 0.25) is 5.91 Å². The molecule has 1 N–H and O–H groups in total. The van der Waals surface area contributed by atoms with Gasteiger partial charge < -0.3 is 10.2 Å². The highest BCUT2D eigenvalue weighted by atomic mass is 35.5. The smallest absolute Gasteiger partial charge is 0.243 e. The van der Waals surface area contributed by atoms with Gasteiger partial charge in [-0.2, -0.15) is 0 Å². The van der Waals surface area contributed by atoms with E-state index in [0.717, 1.165) is 33.0 Å². The number of halogens is 1. The van der Waals surface area contributed by atoms with Crippen molar-refractivity contribution in [2.45, 2.75) is 13.3 Å². The van der Waals surface area contributed by atoms with Gasteiger partial charge in [0.1, 0.15) is 5.52 Å². The number of carbonyl (C=O) groups excluding carboxylic acids is 1. The first kappa shape index (κ1) is 16.7. The van der Waals surface area contributed by atoms with Crippen LogP contribution in [0.3, 0.4) is 0 Å². The first-order valence-electron chi connectivity index (χ1n) is 7.72. The lowest BCUT2D eigenvalue weighted by Gasteiger charge is -2.16. The molecule has 1 aromatic heterocycles. The molecule has 0 radical (unpaired) electrons. The summed E-state index contributed by atoms with van der Waals surface area (Å²) in [5, 5.41) is 4.38. The van der Waals surface area contributed by atoms with Crippen LogP contribution in [0, 0.1) is 0 Å². The van der Waals surface area contributed by atoms with Gasteiger partial charge in [-0.25, -0.2) is 4.98 Å². The topological polar surface area (TPSA) is 45.2 Å². The van der Waals surface area contributed by atoms with Crippen LogP contribution < -0.4 is 10.2 Å². The van der Waals surface area contributed by atoms with E-state index in [1.54, 1.807) is 0 Å². The van der Waals surface area contributed by atoms with E-state index in [1.807, 2.05) is 54.4 Å². The predicted octanol–water partition coefficient (Wildman–Crippen LogP) is 4.59. The lowest BCUT2D eigenvalue weighted by atomic mass is 10.1. The number of hydrogen-bond acceptors (Lipinski definition) is 4. The van der Waals surface area contributed by atoms with Gasteiger partial charge in [-0.1, -0.05) is 54.1 Å². The Morgan fingerprint density at radius 2 is 2.04 bits per heavy atom. The number of benzene rings is 2. The largest absolute Gasteiger partial charge is 0.342 e. The van der Waals surface area contributed by atoms with E-state index < -0.39 is 0 Å². The van der Waals surface area contributed by atoms with Crippen molar-refractivity contribution >= 4 is 49.9 Å². The molecular formula is C18H18ClN3OS. The van der Waals surface area contributed by atoms with Crippen molar-refractivity contribution in [3.63, 3.8) is 0 Å². The Morgan fingerprint density at radius 1 is 1.25 bits per heavy atom. The maximum absolute atomic E-state index is 12.3. The van der Waals surface area contributed by atoms with Crippen molar-refractivity contribution in [1.82, 2.24) is 4.98 Å². The summed E-state index contributed by atoms with van der Waals surface area (Å²) < 4.78 is 1.01. The maximum Gasteiger partial charge on any atom is 0.243 e. The highest BCUT2D eigenvalue weighted by Crippen LogP contribution is 2.32. The van der Waals surface area contributed by atoms with E-state index in [4.69, 9.17) is 11.6 Å². The van der Waals surface area contributed by atoms with Crippen LogP contribution in [0.5, 0.6) is 0 Å². The number of carbonyl (C=O) groups is 1. The van der Waals surface area contributed by atoms with E-state index in [9.17, 15) is 4.79 Å². The fourth-order valence-electron chi connectivity index (χ4n) is 2.49. The van der Waals surface area contributed by atoms with Crippen LogP contribution in [0.1, 0.15) is 12.5 Å². The molecule has 24 heavy (non-hydrogen) atoms. The molecule has 0 unspecified atom stereocenters. The lowest BCUT2D eigenvalue weighted by molar-refractivity contribution is -0.114. The number of rotatable bonds is 5. The van der Waals surface area contributed by atoms with Crippen LogP contribution in [0.2, 0.25) is 5.02 Å². The van der Waals surface area contributed by atoms with E-state index in [2.05, 4.69) is 17.2 Å². The van der Waals surface area contributed by atoms with Gasteiger partial charge in [-0.15, -0.1) is 0 Å². The number of hydrogen-bond donors (Lipinski definition) is 1. The Morgan fingerprint density at radius 3 is 2.79 bits per heavy atom. The molecule has 0 aliphatic rings. The molecule has 0 aliphatic carbocycles. The van der Waals surface area contributed by atoms with E-state index >= 15 is 0 Å². The van der Waals surface area contributed by atoms with Crippen LogP contribution in [-0.2, 0) is 11.2 Å². The molecule has 1 heterocycles. The third-order valence-electron chi connectivity index (χ3n) is 3.74. The number of thiazole rings is 1. The van der Waals surface area contributed by atoms with Crippen LogP contribution >= 0.6 is 22.9 Å². The molecule has 6 heteroatoms. The molecule has 3 aromatic rings. The Labute approximate surface area is 150 Å². The van der Waals surface area contributed by atoms with Crippen molar-refractivity contribution in [2.24, 2.45) is 0 Å². The molecule has 0 atom stereocenters. The quantitative estimate of drug-likeness (QED) is 0.724. The Hall–Kier alpha value is -2.11. The zero-order valence-electron chi connectivity index (χ0n) is 13.5. The average Bonchev–Trinajstić information content (AvgIpc) is 3.01. The molecule has 124 valence electrons. The molecule has 0 spiro atoms. The summed E-state index contributed by atoms with van der Waals surface area (Å²) in [5.74, 6) is -0.0660. The number of amides is 1. The standard InChI is InChI=1S/C18H18ClN3OS/c1-3-12-7-4-5-9-14(12)20-16(23)11-22(2)18-21-17-13(19)8-6-10-15(17)24-18/h4-10H,3,11H2,1-2H3,(H,20,23). The van der Waals surface area contributed by atoms with Crippen molar-refractivity contribution < 1.29 is 4.79 Å². The summed E-state index contributed by atoms with van der Waals surface area (Å²) in [6, 6.07) is 13.6. The van der Waals surface area contributed by atoms with Crippen molar-refractivity contribution in [3.05, 3.63) is 53.1 Å². The SMILES string of the molecule is CCc1ccccc1NC(=O)CN(C)c1nc2c(Cl)cccc2s1. The van der Waals surface area contributed by atoms with Gasteiger partial charge >= 0.3 is 0 Å². The third kappa shape index (κ3) is 3.52. The Balaban J connectivity index is 1.72. The van der Waals surface area contributed by atoms with E-state index in [-0.39, 0.29) is 12.5 Å². The third-order valence-corrected chi connectivity index (χ3v) is 5.18. The number of nitrogens with one attached hydrogen (secondary N) is 1. The van der Waals surface area contributed by atoms with Crippen LogP contribution in [0.4, 0.5) is 10.8 Å². The fourth-order valence-corrected chi connectivity index (χ4v) is 3.72. The Kier molecular flexibility index (Phi) is 5.02. The molecular weight excluding hydrogens is 342 g/mol. The van der Waals surface area contributed by atoms with Crippen LogP contribution in [0.15, 0.2) is 42.5 Å². The van der Waals surface area contributed by atoms with Crippen molar-refractivity contribution in [2.75, 3.05) is 23.8 Å². The van der Waals surface area contributed by atoms with Crippen molar-refractivity contribution in [3.8, 4) is 0 Å². The van der Waals surface area contributed by atoms with Gasteiger partial charge in [0.05, 0.1) is 16.3 Å². The summed E-state index contributed by atoms with van der Waals surface area (Å²) in [5.41, 5.74) is 2.77. The minimum absolute atomic E-state index is 0.0660. The molecule has 0 saturated carbocycles. The molecule has 0 fully saturated rings. The summed E-state index contributed by atoms with van der Waals surface area (Å²) in [6.45, 7) is 2.30. The first-order valence-corrected chi connectivity index (χ1v) is 8.92. The number of nitrogens with zero attached hydrogens (tertiary/aromatic N) is 2. The Bertz CT molecular complexity index is 878. The molecule has 4 nitrogen and oxygen atoms in total. The predicted molar refractivity (Wildman–Crippen MR) is 102 cm³/mol. The number of anilines is 2.